The number of aliphatic carboxylic acids is 1. The molecule has 2 aliphatic heterocycles. The summed E-state index contributed by atoms with van der Waals surface area (Å²) in [4.78, 5) is 54.9. The second-order valence-electron chi connectivity index (χ2n) is 9.59. The number of fused-ring (bicyclic) bond motifs is 9. The van der Waals surface area contributed by atoms with Gasteiger partial charge in [0.05, 0.1) is 29.9 Å². The van der Waals surface area contributed by atoms with Crippen molar-refractivity contribution < 1.29 is 29.3 Å². The van der Waals surface area contributed by atoms with Gasteiger partial charge in [-0.1, -0.05) is 17.4 Å². The summed E-state index contributed by atoms with van der Waals surface area (Å²) in [6, 6.07) is 5.25. The molecule has 1 aromatic heterocycles. The molecule has 3 N–H and O–H groups in total. The number of ether oxygens (including phenoxy) is 1. The first-order chi connectivity index (χ1) is 16.8. The number of amides is 2. The number of benzene rings is 1. The Balaban J connectivity index is 1.42. The number of thiazole rings is 1. The molecule has 4 aliphatic rings. The van der Waals surface area contributed by atoms with Gasteiger partial charge in [-0.15, -0.1) is 11.8 Å². The topological polar surface area (TPSA) is 137 Å². The molecule has 0 unspecified atom stereocenters. The van der Waals surface area contributed by atoms with Gasteiger partial charge in [-0.05, 0) is 48.8 Å². The lowest BCUT2D eigenvalue weighted by Crippen LogP contribution is -2.42. The van der Waals surface area contributed by atoms with E-state index >= 15 is 0 Å². The SMILES string of the molecule is CCOc1cc([C@@H]2c3sc(=O)[nH]c3S[C@@H]3[C@H]4C[C@@H]([C@@H]5C(=O)N(CCC(=O)O)C(=O)[C@H]45)[C@@H]23)ccc1O. The van der Waals surface area contributed by atoms with Crippen LogP contribution in [-0.4, -0.2) is 56.3 Å². The second-order valence-corrected chi connectivity index (χ2v) is 11.8. The standard InChI is InChI=1S/C24H24N2O7S2/c1-2-33-13-7-9(3-4-12(13)27)15-16-10-8-11(19(16)34-21-20(15)35-24(32)25-21)18-17(10)22(30)26(23(18)31)6-5-14(28)29/h3-4,7,10-11,15-19,27H,2,5-6,8H2,1H3,(H,25,32)(H,28,29)/t10-,11+,15+,16+,17+,18-,19-/m1/s1. The third-order valence-electron chi connectivity index (χ3n) is 8.01. The van der Waals surface area contributed by atoms with E-state index in [-0.39, 0.29) is 64.3 Å². The highest BCUT2D eigenvalue weighted by Gasteiger charge is 2.69. The predicted octanol–water partition coefficient (Wildman–Crippen LogP) is 2.49. The van der Waals surface area contributed by atoms with Gasteiger partial charge in [-0.25, -0.2) is 0 Å². The van der Waals surface area contributed by atoms with Crippen molar-refractivity contribution >= 4 is 40.9 Å². The van der Waals surface area contributed by atoms with Crippen LogP contribution in [0.15, 0.2) is 28.0 Å². The normalized spacial score (nSPS) is 32.5. The molecular formula is C24H24N2O7S2. The summed E-state index contributed by atoms with van der Waals surface area (Å²) in [5.41, 5.74) is 0.904. The number of carboxylic acid groups (broad SMARTS) is 1. The van der Waals surface area contributed by atoms with Crippen molar-refractivity contribution in [3.8, 4) is 11.5 Å². The average molecular weight is 517 g/mol. The van der Waals surface area contributed by atoms with E-state index in [1.54, 1.807) is 17.8 Å². The van der Waals surface area contributed by atoms with Crippen molar-refractivity contribution in [2.75, 3.05) is 13.2 Å². The maximum Gasteiger partial charge on any atom is 0.305 e. The third-order valence-corrected chi connectivity index (χ3v) is 10.6. The molecule has 0 spiro atoms. The summed E-state index contributed by atoms with van der Waals surface area (Å²) >= 11 is 2.77. The van der Waals surface area contributed by atoms with E-state index in [1.807, 2.05) is 19.1 Å². The van der Waals surface area contributed by atoms with Gasteiger partial charge in [0, 0.05) is 22.6 Å². The number of aromatic nitrogens is 1. The number of carbonyl (C=O) groups is 3. The monoisotopic (exact) mass is 516 g/mol. The molecule has 2 saturated carbocycles. The van der Waals surface area contributed by atoms with Crippen LogP contribution < -0.4 is 9.61 Å². The minimum absolute atomic E-state index is 0.0196. The molecule has 3 fully saturated rings. The van der Waals surface area contributed by atoms with E-state index in [2.05, 4.69) is 4.98 Å². The summed E-state index contributed by atoms with van der Waals surface area (Å²) < 4.78 is 5.62. The van der Waals surface area contributed by atoms with Crippen molar-refractivity contribution in [2.24, 2.45) is 29.6 Å². The largest absolute Gasteiger partial charge is 0.504 e. The number of nitrogens with one attached hydrogen (secondary N) is 1. The maximum absolute atomic E-state index is 13.3. The number of aromatic amines is 1. The smallest absolute Gasteiger partial charge is 0.305 e. The number of carboxylic acids is 1. The van der Waals surface area contributed by atoms with E-state index in [0.717, 1.165) is 26.8 Å². The quantitative estimate of drug-likeness (QED) is 0.498. The predicted molar refractivity (Wildman–Crippen MR) is 127 cm³/mol. The van der Waals surface area contributed by atoms with Crippen LogP contribution in [0.1, 0.15) is 36.1 Å². The number of phenolic OH excluding ortho intramolecular Hbond substituents is 1. The number of hydrogen-bond acceptors (Lipinski definition) is 8. The Morgan fingerprint density at radius 2 is 1.94 bits per heavy atom. The summed E-state index contributed by atoms with van der Waals surface area (Å²) in [6.07, 6.45) is 0.497. The Morgan fingerprint density at radius 1 is 1.20 bits per heavy atom. The molecule has 2 aromatic rings. The Kier molecular flexibility index (Phi) is 5.26. The summed E-state index contributed by atoms with van der Waals surface area (Å²) in [5, 5.41) is 20.2. The Hall–Kier alpha value is -2.79. The van der Waals surface area contributed by atoms with Crippen LogP contribution in [0.3, 0.4) is 0 Å². The van der Waals surface area contributed by atoms with Gasteiger partial charge < -0.3 is 19.9 Å². The van der Waals surface area contributed by atoms with E-state index in [0.29, 0.717) is 12.4 Å². The summed E-state index contributed by atoms with van der Waals surface area (Å²) in [7, 11) is 0. The first kappa shape index (κ1) is 22.7. The first-order valence-electron chi connectivity index (χ1n) is 11.7. The highest BCUT2D eigenvalue weighted by Crippen LogP contribution is 2.68. The van der Waals surface area contributed by atoms with E-state index in [1.165, 1.54) is 11.3 Å². The minimum atomic E-state index is -1.04. The van der Waals surface area contributed by atoms with Crippen molar-refractivity contribution in [3.63, 3.8) is 0 Å². The molecule has 11 heteroatoms. The van der Waals surface area contributed by atoms with Crippen LogP contribution >= 0.6 is 23.1 Å². The van der Waals surface area contributed by atoms with Gasteiger partial charge in [-0.3, -0.25) is 24.1 Å². The molecule has 1 aromatic carbocycles. The van der Waals surface area contributed by atoms with Crippen molar-refractivity contribution in [1.82, 2.24) is 9.88 Å². The van der Waals surface area contributed by atoms with E-state index < -0.39 is 17.8 Å². The first-order valence-corrected chi connectivity index (χ1v) is 13.4. The van der Waals surface area contributed by atoms with E-state index in [9.17, 15) is 24.3 Å². The number of H-pyrrole nitrogens is 1. The molecule has 2 amide bonds. The number of aromatic hydroxyl groups is 1. The zero-order valence-corrected chi connectivity index (χ0v) is 20.4. The number of rotatable bonds is 6. The van der Waals surface area contributed by atoms with Crippen LogP contribution in [-0.2, 0) is 14.4 Å². The van der Waals surface area contributed by atoms with Crippen molar-refractivity contribution in [1.29, 1.82) is 0 Å². The molecule has 184 valence electrons. The lowest BCUT2D eigenvalue weighted by molar-refractivity contribution is -0.142. The number of phenols is 1. The molecular weight excluding hydrogens is 492 g/mol. The molecule has 2 bridgehead atoms. The number of carbonyl (C=O) groups excluding carboxylic acids is 2. The van der Waals surface area contributed by atoms with Crippen LogP contribution in [0.5, 0.6) is 11.5 Å². The zero-order chi connectivity index (χ0) is 24.6. The number of thioether (sulfide) groups is 1. The van der Waals surface area contributed by atoms with Gasteiger partial charge in [0.15, 0.2) is 11.5 Å². The fourth-order valence-electron chi connectivity index (χ4n) is 6.87. The number of nitrogens with zero attached hydrogens (tertiary/aromatic N) is 1. The van der Waals surface area contributed by atoms with Gasteiger partial charge >= 0.3 is 10.8 Å². The maximum atomic E-state index is 13.3. The number of likely N-dealkylation sites (tertiary alicyclic amines) is 1. The zero-order valence-electron chi connectivity index (χ0n) is 18.8. The minimum Gasteiger partial charge on any atom is -0.504 e. The third kappa shape index (κ3) is 3.27. The fourth-order valence-corrected chi connectivity index (χ4v) is 9.76. The Morgan fingerprint density at radius 3 is 2.66 bits per heavy atom. The van der Waals surface area contributed by atoms with Crippen molar-refractivity contribution in [2.45, 2.75) is 36.0 Å². The van der Waals surface area contributed by atoms with Crippen LogP contribution in [0, 0.1) is 29.6 Å². The lowest BCUT2D eigenvalue weighted by atomic mass is 9.68. The molecule has 3 heterocycles. The molecule has 2 aliphatic carbocycles. The van der Waals surface area contributed by atoms with E-state index in [4.69, 9.17) is 9.84 Å². The second kappa shape index (κ2) is 8.12. The molecule has 35 heavy (non-hydrogen) atoms. The average Bonchev–Trinajstić information content (AvgIpc) is 3.53. The molecule has 1 saturated heterocycles. The summed E-state index contributed by atoms with van der Waals surface area (Å²) in [6.45, 7) is 2.13. The van der Waals surface area contributed by atoms with Crippen LogP contribution in [0.25, 0.3) is 0 Å². The Bertz CT molecular complexity index is 1300. The van der Waals surface area contributed by atoms with Crippen LogP contribution in [0.4, 0.5) is 0 Å². The fraction of sp³-hybridized carbons (Fsp3) is 0.500. The van der Waals surface area contributed by atoms with Crippen LogP contribution in [0.2, 0.25) is 0 Å². The number of hydrogen-bond donors (Lipinski definition) is 3. The number of imide groups is 1. The molecule has 0 radical (unpaired) electrons. The highest BCUT2D eigenvalue weighted by molar-refractivity contribution is 8.00. The summed E-state index contributed by atoms with van der Waals surface area (Å²) in [5.74, 6) is -2.24. The van der Waals surface area contributed by atoms with Gasteiger partial charge in [0.1, 0.15) is 0 Å². The lowest BCUT2D eigenvalue weighted by Gasteiger charge is -2.43. The Labute approximate surface area is 208 Å². The van der Waals surface area contributed by atoms with Gasteiger partial charge in [0.2, 0.25) is 11.8 Å². The molecule has 9 nitrogen and oxygen atoms in total. The molecule has 7 atom stereocenters. The molecule has 6 rings (SSSR count). The highest BCUT2D eigenvalue weighted by atomic mass is 32.2. The van der Waals surface area contributed by atoms with Gasteiger partial charge in [0.25, 0.3) is 0 Å². The van der Waals surface area contributed by atoms with Crippen molar-refractivity contribution in [3.05, 3.63) is 38.3 Å². The van der Waals surface area contributed by atoms with Gasteiger partial charge in [-0.2, -0.15) is 0 Å².